The number of rotatable bonds is 6. The van der Waals surface area contributed by atoms with Gasteiger partial charge in [0.2, 0.25) is 5.91 Å². The Hall–Kier alpha value is -1.96. The van der Waals surface area contributed by atoms with Crippen LogP contribution >= 0.6 is 11.3 Å². The number of benzene rings is 1. The van der Waals surface area contributed by atoms with Crippen LogP contribution in [-0.2, 0) is 22.5 Å². The molecule has 2 atom stereocenters. The molecule has 2 aromatic rings. The van der Waals surface area contributed by atoms with Crippen molar-refractivity contribution >= 4 is 22.4 Å². The van der Waals surface area contributed by atoms with Crippen LogP contribution < -0.4 is 5.32 Å². The van der Waals surface area contributed by atoms with Gasteiger partial charge in [-0.15, -0.1) is 11.3 Å². The molecule has 1 saturated heterocycles. The maximum atomic E-state index is 12.1. The van der Waals surface area contributed by atoms with E-state index in [0.717, 1.165) is 30.9 Å². The zero-order valence-corrected chi connectivity index (χ0v) is 16.0. The number of carbonyl (C=O) groups excluding carboxylic acids is 1. The van der Waals surface area contributed by atoms with Gasteiger partial charge in [0, 0.05) is 31.4 Å². The molecule has 1 fully saturated rings. The number of nitrogens with one attached hydrogen (secondary N) is 1. The molecule has 140 valence electrons. The molecule has 3 rings (SSSR count). The van der Waals surface area contributed by atoms with Gasteiger partial charge in [-0.05, 0) is 31.9 Å². The Morgan fingerprint density at radius 2 is 2.08 bits per heavy atom. The van der Waals surface area contributed by atoms with Gasteiger partial charge >= 0.3 is 0 Å². The van der Waals surface area contributed by atoms with Crippen LogP contribution in [0.25, 0.3) is 0 Å². The summed E-state index contributed by atoms with van der Waals surface area (Å²) in [7, 11) is 0. The summed E-state index contributed by atoms with van der Waals surface area (Å²) in [6, 6.07) is 7.08. The van der Waals surface area contributed by atoms with Crippen LogP contribution in [0.15, 0.2) is 29.6 Å². The second kappa shape index (κ2) is 8.62. The quantitative estimate of drug-likeness (QED) is 0.812. The molecule has 1 aromatic carbocycles. The molecule has 7 heteroatoms. The van der Waals surface area contributed by atoms with E-state index in [1.807, 2.05) is 17.5 Å². The fraction of sp³-hybridized carbons (Fsp3) is 0.474. The molecule has 1 aliphatic heterocycles. The van der Waals surface area contributed by atoms with Crippen LogP contribution in [0, 0.1) is 0 Å². The fourth-order valence-electron chi connectivity index (χ4n) is 3.23. The number of anilines is 1. The molecule has 26 heavy (non-hydrogen) atoms. The number of para-hydroxylation sites is 1. The van der Waals surface area contributed by atoms with Gasteiger partial charge in [-0.25, -0.2) is 4.98 Å². The molecule has 0 spiro atoms. The van der Waals surface area contributed by atoms with Gasteiger partial charge in [-0.2, -0.15) is 0 Å². The highest BCUT2D eigenvalue weighted by Gasteiger charge is 2.22. The van der Waals surface area contributed by atoms with Crippen molar-refractivity contribution in [1.82, 2.24) is 9.88 Å². The number of hydrogen-bond acceptors (Lipinski definition) is 6. The number of phenolic OH excluding ortho intramolecular Hbond substituents is 1. The highest BCUT2D eigenvalue weighted by Crippen LogP contribution is 2.21. The van der Waals surface area contributed by atoms with Gasteiger partial charge < -0.3 is 15.2 Å². The molecule has 0 bridgehead atoms. The standard InChI is InChI=1S/C19H25N3O3S/c1-13-9-22(10-14(2)25-13)11-16-12-26-19(20-16)21-18(24)8-7-15-5-3-4-6-17(15)23/h3-6,12-14,23H,7-11H2,1-2H3,(H,20,21,24). The van der Waals surface area contributed by atoms with Crippen molar-refractivity contribution in [2.45, 2.75) is 45.4 Å². The summed E-state index contributed by atoms with van der Waals surface area (Å²) in [5, 5.41) is 15.2. The third kappa shape index (κ3) is 5.27. The molecule has 1 aromatic heterocycles. The summed E-state index contributed by atoms with van der Waals surface area (Å²) in [6.45, 7) is 6.72. The predicted molar refractivity (Wildman–Crippen MR) is 102 cm³/mol. The maximum Gasteiger partial charge on any atom is 0.226 e. The molecular formula is C19H25N3O3S. The molecule has 1 aliphatic rings. The van der Waals surface area contributed by atoms with Gasteiger partial charge in [0.05, 0.1) is 17.9 Å². The summed E-state index contributed by atoms with van der Waals surface area (Å²) in [5.41, 5.74) is 1.74. The summed E-state index contributed by atoms with van der Waals surface area (Å²) >= 11 is 1.44. The van der Waals surface area contributed by atoms with Crippen molar-refractivity contribution in [1.29, 1.82) is 0 Å². The van der Waals surface area contributed by atoms with Crippen LogP contribution in [-0.4, -0.2) is 46.2 Å². The Balaban J connectivity index is 1.48. The molecule has 0 saturated carbocycles. The molecule has 2 unspecified atom stereocenters. The first kappa shape index (κ1) is 18.8. The Kier molecular flexibility index (Phi) is 6.24. The summed E-state index contributed by atoms with van der Waals surface area (Å²) < 4.78 is 5.75. The second-order valence-electron chi connectivity index (χ2n) is 6.77. The Morgan fingerprint density at radius 3 is 2.81 bits per heavy atom. The lowest BCUT2D eigenvalue weighted by molar-refractivity contribution is -0.116. The minimum absolute atomic E-state index is 0.0947. The highest BCUT2D eigenvalue weighted by molar-refractivity contribution is 7.13. The minimum atomic E-state index is -0.0947. The summed E-state index contributed by atoms with van der Waals surface area (Å²) in [5.74, 6) is 0.133. The van der Waals surface area contributed by atoms with Crippen LogP contribution in [0.1, 0.15) is 31.5 Å². The van der Waals surface area contributed by atoms with E-state index in [9.17, 15) is 9.90 Å². The number of aromatic nitrogens is 1. The molecule has 2 N–H and O–H groups in total. The number of thiazole rings is 1. The van der Waals surface area contributed by atoms with Crippen LogP contribution in [0.5, 0.6) is 5.75 Å². The lowest BCUT2D eigenvalue weighted by Crippen LogP contribution is -2.44. The Labute approximate surface area is 157 Å². The molecule has 2 heterocycles. The molecule has 6 nitrogen and oxygen atoms in total. The first-order chi connectivity index (χ1) is 12.5. The first-order valence-electron chi connectivity index (χ1n) is 8.88. The van der Waals surface area contributed by atoms with Crippen molar-refractivity contribution in [3.05, 3.63) is 40.9 Å². The van der Waals surface area contributed by atoms with Crippen LogP contribution in [0.2, 0.25) is 0 Å². The molecule has 0 aliphatic carbocycles. The lowest BCUT2D eigenvalue weighted by atomic mass is 10.1. The van der Waals surface area contributed by atoms with Crippen molar-refractivity contribution in [3.63, 3.8) is 0 Å². The van der Waals surface area contributed by atoms with E-state index < -0.39 is 0 Å². The van der Waals surface area contributed by atoms with Crippen LogP contribution in [0.3, 0.4) is 0 Å². The topological polar surface area (TPSA) is 74.7 Å². The van der Waals surface area contributed by atoms with Gasteiger partial charge in [0.25, 0.3) is 0 Å². The van der Waals surface area contributed by atoms with E-state index in [-0.39, 0.29) is 23.9 Å². The number of phenols is 1. The second-order valence-corrected chi connectivity index (χ2v) is 7.63. The Bertz CT molecular complexity index is 739. The summed E-state index contributed by atoms with van der Waals surface area (Å²) in [6.07, 6.45) is 1.27. The smallest absolute Gasteiger partial charge is 0.226 e. The van der Waals surface area contributed by atoms with Crippen LogP contribution in [0.4, 0.5) is 5.13 Å². The molecular weight excluding hydrogens is 350 g/mol. The molecule has 0 radical (unpaired) electrons. The van der Waals surface area contributed by atoms with Gasteiger partial charge in [0.15, 0.2) is 5.13 Å². The monoisotopic (exact) mass is 375 g/mol. The van der Waals surface area contributed by atoms with Crippen molar-refractivity contribution < 1.29 is 14.6 Å². The Morgan fingerprint density at radius 1 is 1.35 bits per heavy atom. The maximum absolute atomic E-state index is 12.1. The summed E-state index contributed by atoms with van der Waals surface area (Å²) in [4.78, 5) is 19.0. The van der Waals surface area contributed by atoms with Crippen molar-refractivity contribution in [3.8, 4) is 5.75 Å². The van der Waals surface area contributed by atoms with E-state index in [4.69, 9.17) is 4.74 Å². The van der Waals surface area contributed by atoms with Crippen molar-refractivity contribution in [2.24, 2.45) is 0 Å². The third-order valence-electron chi connectivity index (χ3n) is 4.29. The fourth-order valence-corrected chi connectivity index (χ4v) is 3.95. The van der Waals surface area contributed by atoms with Crippen molar-refractivity contribution in [2.75, 3.05) is 18.4 Å². The average molecular weight is 375 g/mol. The number of nitrogens with zero attached hydrogens (tertiary/aromatic N) is 2. The van der Waals surface area contributed by atoms with Gasteiger partial charge in [-0.3, -0.25) is 9.69 Å². The molecule has 1 amide bonds. The number of amides is 1. The number of hydrogen-bond donors (Lipinski definition) is 2. The average Bonchev–Trinajstić information content (AvgIpc) is 3.00. The van der Waals surface area contributed by atoms with E-state index >= 15 is 0 Å². The van der Waals surface area contributed by atoms with E-state index in [0.29, 0.717) is 18.0 Å². The zero-order valence-electron chi connectivity index (χ0n) is 15.1. The number of ether oxygens (including phenoxy) is 1. The number of carbonyl (C=O) groups is 1. The third-order valence-corrected chi connectivity index (χ3v) is 5.10. The van der Waals surface area contributed by atoms with E-state index in [1.54, 1.807) is 12.1 Å². The minimum Gasteiger partial charge on any atom is -0.508 e. The SMILES string of the molecule is CC1CN(Cc2csc(NC(=O)CCc3ccccc3O)n2)CC(C)O1. The number of aryl methyl sites for hydroxylation is 1. The highest BCUT2D eigenvalue weighted by atomic mass is 32.1. The zero-order chi connectivity index (χ0) is 18.5. The number of morpholine rings is 1. The van der Waals surface area contributed by atoms with E-state index in [1.165, 1.54) is 11.3 Å². The first-order valence-corrected chi connectivity index (χ1v) is 9.76. The lowest BCUT2D eigenvalue weighted by Gasteiger charge is -2.34. The van der Waals surface area contributed by atoms with Gasteiger partial charge in [-0.1, -0.05) is 18.2 Å². The largest absolute Gasteiger partial charge is 0.508 e. The number of aromatic hydroxyl groups is 1. The van der Waals surface area contributed by atoms with Gasteiger partial charge in [0.1, 0.15) is 5.75 Å². The van der Waals surface area contributed by atoms with E-state index in [2.05, 4.69) is 29.0 Å². The predicted octanol–water partition coefficient (Wildman–Crippen LogP) is 3.03. The normalized spacial score (nSPS) is 20.8.